The number of benzene rings is 1. The molecule has 0 unspecified atom stereocenters. The summed E-state index contributed by atoms with van der Waals surface area (Å²) in [5.41, 5.74) is 1.15. The lowest BCUT2D eigenvalue weighted by Crippen LogP contribution is -2.38. The second-order valence-corrected chi connectivity index (χ2v) is 6.40. The molecule has 0 aliphatic carbocycles. The molecule has 1 aromatic carbocycles. The molecule has 0 bridgehead atoms. The van der Waals surface area contributed by atoms with Gasteiger partial charge in [0.1, 0.15) is 12.4 Å². The van der Waals surface area contributed by atoms with E-state index in [0.29, 0.717) is 13.2 Å². The summed E-state index contributed by atoms with van der Waals surface area (Å²) in [4.78, 5) is 6.73. The van der Waals surface area contributed by atoms with E-state index in [-0.39, 0.29) is 24.0 Å². The van der Waals surface area contributed by atoms with Crippen molar-refractivity contribution in [3.63, 3.8) is 0 Å². The van der Waals surface area contributed by atoms with Crippen molar-refractivity contribution in [3.8, 4) is 5.75 Å². The number of hydrogen-bond donors (Lipinski definition) is 2. The van der Waals surface area contributed by atoms with Crippen molar-refractivity contribution in [2.45, 2.75) is 13.5 Å². The summed E-state index contributed by atoms with van der Waals surface area (Å²) in [5, 5.41) is 6.60. The average Bonchev–Trinajstić information content (AvgIpc) is 2.53. The van der Waals surface area contributed by atoms with Crippen molar-refractivity contribution in [3.05, 3.63) is 29.8 Å². The molecule has 0 radical (unpaired) electrons. The Morgan fingerprint density at radius 3 is 2.75 bits per heavy atom. The first-order valence-corrected chi connectivity index (χ1v) is 9.42. The van der Waals surface area contributed by atoms with Crippen LogP contribution >= 0.6 is 35.7 Å². The molecule has 7 heteroatoms. The number of rotatable bonds is 10. The van der Waals surface area contributed by atoms with Crippen LogP contribution in [0.4, 0.5) is 0 Å². The molecule has 2 N–H and O–H groups in total. The minimum absolute atomic E-state index is 0. The van der Waals surface area contributed by atoms with Gasteiger partial charge in [-0.15, -0.1) is 24.0 Å². The fraction of sp³-hybridized carbons (Fsp3) is 0.588. The molecule has 0 aromatic heterocycles. The van der Waals surface area contributed by atoms with Gasteiger partial charge in [0, 0.05) is 25.4 Å². The van der Waals surface area contributed by atoms with E-state index in [1.807, 2.05) is 38.0 Å². The van der Waals surface area contributed by atoms with Gasteiger partial charge in [0.2, 0.25) is 0 Å². The Balaban J connectivity index is 0.00000529. The predicted octanol–water partition coefficient (Wildman–Crippen LogP) is 2.66. The highest BCUT2D eigenvalue weighted by molar-refractivity contribution is 14.0. The maximum atomic E-state index is 5.77. The molecule has 1 rings (SSSR count). The number of ether oxygens (including phenoxy) is 1. The Kier molecular flexibility index (Phi) is 14.2. The lowest BCUT2D eigenvalue weighted by Gasteiger charge is -2.12. The second kappa shape index (κ2) is 14.7. The molecule has 0 heterocycles. The van der Waals surface area contributed by atoms with Gasteiger partial charge < -0.3 is 20.3 Å². The first-order valence-electron chi connectivity index (χ1n) is 8.03. The monoisotopic (exact) mass is 466 g/mol. The van der Waals surface area contributed by atoms with Crippen molar-refractivity contribution in [2.75, 3.05) is 52.3 Å². The fourth-order valence-corrected chi connectivity index (χ4v) is 2.17. The SMILES string of the molecule is CCNC(=NCc1cccc(OCCN(C)C)c1)NCCSC.I. The Labute approximate surface area is 168 Å². The molecule has 0 amide bonds. The van der Waals surface area contributed by atoms with Crippen LogP contribution in [0.5, 0.6) is 5.75 Å². The molecule has 0 fully saturated rings. The zero-order chi connectivity index (χ0) is 16.9. The van der Waals surface area contributed by atoms with Crippen molar-refractivity contribution in [2.24, 2.45) is 4.99 Å². The number of nitrogens with one attached hydrogen (secondary N) is 2. The molecule has 0 spiro atoms. The number of thioether (sulfide) groups is 1. The van der Waals surface area contributed by atoms with Crippen LogP contribution in [-0.2, 0) is 6.54 Å². The first-order chi connectivity index (χ1) is 11.2. The van der Waals surface area contributed by atoms with Crippen LogP contribution in [0.1, 0.15) is 12.5 Å². The van der Waals surface area contributed by atoms with E-state index in [4.69, 9.17) is 4.74 Å². The smallest absolute Gasteiger partial charge is 0.191 e. The third-order valence-electron chi connectivity index (χ3n) is 3.07. The van der Waals surface area contributed by atoms with Gasteiger partial charge in [-0.25, -0.2) is 4.99 Å². The largest absolute Gasteiger partial charge is 0.492 e. The quantitative estimate of drug-likeness (QED) is 0.240. The molecule has 0 saturated heterocycles. The van der Waals surface area contributed by atoms with Crippen LogP contribution in [-0.4, -0.2) is 63.2 Å². The Morgan fingerprint density at radius 1 is 1.29 bits per heavy atom. The number of nitrogens with zero attached hydrogens (tertiary/aromatic N) is 2. The highest BCUT2D eigenvalue weighted by Gasteiger charge is 2.00. The van der Waals surface area contributed by atoms with Gasteiger partial charge >= 0.3 is 0 Å². The zero-order valence-corrected chi connectivity index (χ0v) is 18.3. The zero-order valence-electron chi connectivity index (χ0n) is 15.2. The van der Waals surface area contributed by atoms with Crippen LogP contribution in [0.15, 0.2) is 29.3 Å². The van der Waals surface area contributed by atoms with Crippen LogP contribution in [0, 0.1) is 0 Å². The average molecular weight is 466 g/mol. The topological polar surface area (TPSA) is 48.9 Å². The number of likely N-dealkylation sites (N-methyl/N-ethyl adjacent to an activating group) is 1. The molecule has 1 aromatic rings. The fourth-order valence-electron chi connectivity index (χ4n) is 1.86. The van der Waals surface area contributed by atoms with E-state index in [1.165, 1.54) is 0 Å². The van der Waals surface area contributed by atoms with Crippen molar-refractivity contribution < 1.29 is 4.74 Å². The van der Waals surface area contributed by atoms with Gasteiger partial charge in [-0.3, -0.25) is 0 Å². The van der Waals surface area contributed by atoms with E-state index < -0.39 is 0 Å². The Morgan fingerprint density at radius 2 is 2.08 bits per heavy atom. The summed E-state index contributed by atoms with van der Waals surface area (Å²) in [7, 11) is 4.08. The van der Waals surface area contributed by atoms with Gasteiger partial charge in [-0.2, -0.15) is 11.8 Å². The van der Waals surface area contributed by atoms with Crippen molar-refractivity contribution in [1.29, 1.82) is 0 Å². The third kappa shape index (κ3) is 11.0. The van der Waals surface area contributed by atoms with Crippen LogP contribution in [0.3, 0.4) is 0 Å². The molecule has 5 nitrogen and oxygen atoms in total. The molecular weight excluding hydrogens is 435 g/mol. The predicted molar refractivity (Wildman–Crippen MR) is 117 cm³/mol. The number of guanidine groups is 1. The molecule has 0 saturated carbocycles. The number of aliphatic imine (C=N–C) groups is 1. The van der Waals surface area contributed by atoms with Crippen LogP contribution in [0.2, 0.25) is 0 Å². The molecular formula is C17H31IN4OS. The van der Waals surface area contributed by atoms with Gasteiger partial charge in [0.05, 0.1) is 6.54 Å². The second-order valence-electron chi connectivity index (χ2n) is 5.41. The van der Waals surface area contributed by atoms with E-state index in [1.54, 1.807) is 0 Å². The van der Waals surface area contributed by atoms with E-state index >= 15 is 0 Å². The summed E-state index contributed by atoms with van der Waals surface area (Å²) < 4.78 is 5.77. The highest BCUT2D eigenvalue weighted by atomic mass is 127. The van der Waals surface area contributed by atoms with E-state index in [2.05, 4.69) is 45.8 Å². The Hall–Kier alpha value is -0.670. The van der Waals surface area contributed by atoms with E-state index in [9.17, 15) is 0 Å². The minimum Gasteiger partial charge on any atom is -0.492 e. The minimum atomic E-state index is 0. The summed E-state index contributed by atoms with van der Waals surface area (Å²) in [6.45, 7) is 6.09. The normalized spacial score (nSPS) is 11.1. The first kappa shape index (κ1) is 23.3. The standard InChI is InChI=1S/C17H30N4OS.HI/c1-5-18-17(19-9-12-23-4)20-14-15-7-6-8-16(13-15)22-11-10-21(2)3;/h6-8,13H,5,9-12,14H2,1-4H3,(H2,18,19,20);1H. The maximum absolute atomic E-state index is 5.77. The van der Waals surface area contributed by atoms with E-state index in [0.717, 1.165) is 42.7 Å². The molecule has 0 atom stereocenters. The van der Waals surface area contributed by atoms with Gasteiger partial charge in [0.15, 0.2) is 5.96 Å². The van der Waals surface area contributed by atoms with Crippen molar-refractivity contribution in [1.82, 2.24) is 15.5 Å². The molecule has 0 aliphatic rings. The number of hydrogen-bond acceptors (Lipinski definition) is 4. The summed E-state index contributed by atoms with van der Waals surface area (Å²) in [6.07, 6.45) is 2.10. The molecule has 0 aliphatic heterocycles. The van der Waals surface area contributed by atoms with Crippen LogP contribution in [0.25, 0.3) is 0 Å². The third-order valence-corrected chi connectivity index (χ3v) is 3.68. The molecule has 24 heavy (non-hydrogen) atoms. The van der Waals surface area contributed by atoms with Crippen LogP contribution < -0.4 is 15.4 Å². The van der Waals surface area contributed by atoms with Crippen molar-refractivity contribution >= 4 is 41.7 Å². The van der Waals surface area contributed by atoms with Gasteiger partial charge in [-0.1, -0.05) is 12.1 Å². The highest BCUT2D eigenvalue weighted by Crippen LogP contribution is 2.14. The summed E-state index contributed by atoms with van der Waals surface area (Å²) in [5.74, 6) is 2.83. The van der Waals surface area contributed by atoms with Gasteiger partial charge in [-0.05, 0) is 45.0 Å². The lowest BCUT2D eigenvalue weighted by molar-refractivity contribution is 0.261. The summed E-state index contributed by atoms with van der Waals surface area (Å²) in [6, 6.07) is 8.15. The lowest BCUT2D eigenvalue weighted by atomic mass is 10.2. The molecule has 138 valence electrons. The number of halogens is 1. The Bertz CT molecular complexity index is 472. The summed E-state index contributed by atoms with van der Waals surface area (Å²) >= 11 is 1.82. The van der Waals surface area contributed by atoms with Gasteiger partial charge in [0.25, 0.3) is 0 Å². The maximum Gasteiger partial charge on any atom is 0.191 e.